The summed E-state index contributed by atoms with van der Waals surface area (Å²) in [6, 6.07) is 0. The smallest absolute Gasteiger partial charge is 0.369 e. The Morgan fingerprint density at radius 2 is 2.60 bits per heavy atom. The maximum Gasteiger partial charge on any atom is 0.369 e. The van der Waals surface area contributed by atoms with Gasteiger partial charge in [0.15, 0.2) is 12.9 Å². The van der Waals surface area contributed by atoms with Crippen molar-refractivity contribution in [3.63, 3.8) is 0 Å². The molecule has 4 heteroatoms. The molecule has 0 saturated heterocycles. The second-order valence-corrected chi connectivity index (χ2v) is 2.50. The van der Waals surface area contributed by atoms with Crippen molar-refractivity contribution < 1.29 is 14.5 Å². The highest BCUT2D eigenvalue weighted by Gasteiger charge is 2.18. The summed E-state index contributed by atoms with van der Waals surface area (Å²) < 4.78 is 1.78. The van der Waals surface area contributed by atoms with E-state index in [1.54, 1.807) is 4.58 Å². The Morgan fingerprint density at radius 3 is 3.00 bits per heavy atom. The molecule has 0 amide bonds. The maximum absolute atomic E-state index is 10.2. The van der Waals surface area contributed by atoms with E-state index >= 15 is 0 Å². The number of nitrogens with zero attached hydrogens (tertiary/aromatic N) is 2. The van der Waals surface area contributed by atoms with Crippen LogP contribution in [0.4, 0.5) is 0 Å². The van der Waals surface area contributed by atoms with Gasteiger partial charge < -0.3 is 5.11 Å². The number of carbonyl (C=O) groups is 1. The van der Waals surface area contributed by atoms with Crippen LogP contribution in [0.15, 0.2) is 0 Å². The summed E-state index contributed by atoms with van der Waals surface area (Å²) in [5.74, 6) is -0.772. The van der Waals surface area contributed by atoms with Crippen LogP contribution in [0, 0.1) is 0 Å². The van der Waals surface area contributed by atoms with Crippen molar-refractivity contribution in [3.8, 4) is 0 Å². The van der Waals surface area contributed by atoms with E-state index in [9.17, 15) is 4.79 Å². The summed E-state index contributed by atoms with van der Waals surface area (Å²) in [5, 5.41) is 8.38. The standard InChI is InChI=1S/C6H10N2O2/c1-7-2-3-8(5-7)4-6(9)10/h3H,2,4-5H2,1H3/p+1. The zero-order valence-corrected chi connectivity index (χ0v) is 5.95. The largest absolute Gasteiger partial charge is 0.477 e. The molecule has 1 aliphatic rings. The van der Waals surface area contributed by atoms with Gasteiger partial charge in [-0.05, 0) is 7.05 Å². The van der Waals surface area contributed by atoms with Crippen LogP contribution in [0.25, 0.3) is 0 Å². The van der Waals surface area contributed by atoms with Crippen molar-refractivity contribution in [2.24, 2.45) is 0 Å². The summed E-state index contributed by atoms with van der Waals surface area (Å²) in [6.45, 7) is 1.70. The van der Waals surface area contributed by atoms with Crippen LogP contribution in [-0.4, -0.2) is 53.6 Å². The third-order valence-corrected chi connectivity index (χ3v) is 1.41. The molecule has 0 fully saturated rings. The Labute approximate surface area is 59.4 Å². The lowest BCUT2D eigenvalue weighted by atomic mass is 10.6. The number of aliphatic carboxylic acids is 1. The first-order valence-electron chi connectivity index (χ1n) is 3.16. The van der Waals surface area contributed by atoms with Crippen molar-refractivity contribution in [3.05, 3.63) is 0 Å². The topological polar surface area (TPSA) is 43.5 Å². The Kier molecular flexibility index (Phi) is 2.01. The number of carboxylic acid groups (broad SMARTS) is 1. The highest BCUT2D eigenvalue weighted by atomic mass is 16.4. The normalized spacial score (nSPS) is 19.1. The van der Waals surface area contributed by atoms with E-state index < -0.39 is 5.97 Å². The van der Waals surface area contributed by atoms with Gasteiger partial charge in [-0.1, -0.05) is 0 Å². The fourth-order valence-corrected chi connectivity index (χ4v) is 0.969. The molecular formula is C6H11N2O2+. The zero-order chi connectivity index (χ0) is 7.56. The highest BCUT2D eigenvalue weighted by molar-refractivity contribution is 5.69. The Balaban J connectivity index is 2.37. The molecule has 0 atom stereocenters. The molecule has 1 heterocycles. The summed E-state index contributed by atoms with van der Waals surface area (Å²) in [4.78, 5) is 12.2. The molecule has 1 aliphatic heterocycles. The molecule has 0 aliphatic carbocycles. The molecule has 1 N–H and O–H groups in total. The van der Waals surface area contributed by atoms with E-state index in [-0.39, 0.29) is 6.54 Å². The number of rotatable bonds is 2. The fraction of sp³-hybridized carbons (Fsp3) is 0.667. The third kappa shape index (κ3) is 1.80. The monoisotopic (exact) mass is 143 g/mol. The van der Waals surface area contributed by atoms with Gasteiger partial charge in [0.2, 0.25) is 6.54 Å². The van der Waals surface area contributed by atoms with Gasteiger partial charge >= 0.3 is 5.97 Å². The summed E-state index contributed by atoms with van der Waals surface area (Å²) in [7, 11) is 1.96. The van der Waals surface area contributed by atoms with Gasteiger partial charge in [0.05, 0.1) is 6.54 Å². The van der Waals surface area contributed by atoms with Gasteiger partial charge in [0.25, 0.3) is 0 Å². The van der Waals surface area contributed by atoms with Crippen molar-refractivity contribution >= 4 is 12.2 Å². The van der Waals surface area contributed by atoms with E-state index in [4.69, 9.17) is 5.11 Å². The minimum Gasteiger partial charge on any atom is -0.477 e. The first-order chi connectivity index (χ1) is 4.68. The summed E-state index contributed by atoms with van der Waals surface area (Å²) >= 11 is 0. The molecule has 1 rings (SSSR count). The second-order valence-electron chi connectivity index (χ2n) is 2.50. The van der Waals surface area contributed by atoms with E-state index in [1.807, 2.05) is 18.2 Å². The van der Waals surface area contributed by atoms with Gasteiger partial charge in [0, 0.05) is 0 Å². The summed E-state index contributed by atoms with van der Waals surface area (Å²) in [6.07, 6.45) is 1.90. The van der Waals surface area contributed by atoms with Gasteiger partial charge in [-0.2, -0.15) is 0 Å². The SMILES string of the molecule is CN1CC=[N+](CC(=O)O)C1. The van der Waals surface area contributed by atoms with Crippen molar-refractivity contribution in [1.29, 1.82) is 0 Å². The highest BCUT2D eigenvalue weighted by Crippen LogP contribution is 1.89. The lowest BCUT2D eigenvalue weighted by molar-refractivity contribution is -0.521. The quantitative estimate of drug-likeness (QED) is 0.507. The van der Waals surface area contributed by atoms with Crippen LogP contribution >= 0.6 is 0 Å². The molecule has 0 spiro atoms. The molecule has 0 unspecified atom stereocenters. The minimum absolute atomic E-state index is 0.115. The van der Waals surface area contributed by atoms with Crippen LogP contribution < -0.4 is 0 Å². The predicted molar refractivity (Wildman–Crippen MR) is 36.3 cm³/mol. The first-order valence-corrected chi connectivity index (χ1v) is 3.16. The average Bonchev–Trinajstić information content (AvgIpc) is 2.13. The molecule has 0 radical (unpaired) electrons. The molecule has 56 valence electrons. The average molecular weight is 143 g/mol. The molecule has 0 bridgehead atoms. The minimum atomic E-state index is -0.772. The van der Waals surface area contributed by atoms with Crippen molar-refractivity contribution in [2.75, 3.05) is 26.8 Å². The lowest BCUT2D eigenvalue weighted by Gasteiger charge is -1.99. The second kappa shape index (κ2) is 2.79. The first kappa shape index (κ1) is 7.21. The molecule has 0 aromatic carbocycles. The maximum atomic E-state index is 10.2. The van der Waals surface area contributed by atoms with Gasteiger partial charge in [-0.3, -0.25) is 0 Å². The lowest BCUT2D eigenvalue weighted by Crippen LogP contribution is -2.24. The van der Waals surface area contributed by atoms with E-state index in [1.165, 1.54) is 0 Å². The molecule has 4 nitrogen and oxygen atoms in total. The third-order valence-electron chi connectivity index (χ3n) is 1.41. The molecular weight excluding hydrogens is 132 g/mol. The Morgan fingerprint density at radius 1 is 1.90 bits per heavy atom. The van der Waals surface area contributed by atoms with Crippen LogP contribution in [-0.2, 0) is 4.79 Å². The molecule has 0 saturated carbocycles. The predicted octanol–water partition coefficient (Wildman–Crippen LogP) is -0.943. The van der Waals surface area contributed by atoms with Gasteiger partial charge in [0.1, 0.15) is 0 Å². The van der Waals surface area contributed by atoms with E-state index in [2.05, 4.69) is 0 Å². The van der Waals surface area contributed by atoms with Crippen molar-refractivity contribution in [1.82, 2.24) is 4.90 Å². The van der Waals surface area contributed by atoms with Crippen molar-refractivity contribution in [2.45, 2.75) is 0 Å². The number of hydrogen-bond donors (Lipinski definition) is 1. The van der Waals surface area contributed by atoms with Gasteiger partial charge in [-0.25, -0.2) is 14.3 Å². The molecule has 0 aromatic rings. The number of hydrogen-bond acceptors (Lipinski definition) is 2. The Bertz CT molecular complexity index is 177. The summed E-state index contributed by atoms with van der Waals surface area (Å²) in [5.41, 5.74) is 0. The van der Waals surface area contributed by atoms with Crippen LogP contribution in [0.1, 0.15) is 0 Å². The molecule has 10 heavy (non-hydrogen) atoms. The van der Waals surface area contributed by atoms with Crippen LogP contribution in [0.2, 0.25) is 0 Å². The van der Waals surface area contributed by atoms with Crippen LogP contribution in [0.3, 0.4) is 0 Å². The zero-order valence-electron chi connectivity index (χ0n) is 5.95. The Hall–Kier alpha value is -0.900. The molecule has 0 aromatic heterocycles. The van der Waals surface area contributed by atoms with Gasteiger partial charge in [-0.15, -0.1) is 0 Å². The fourth-order valence-electron chi connectivity index (χ4n) is 0.969. The van der Waals surface area contributed by atoms with Crippen LogP contribution in [0.5, 0.6) is 0 Å². The number of carboxylic acids is 1. The van der Waals surface area contributed by atoms with E-state index in [0.29, 0.717) is 0 Å². The van der Waals surface area contributed by atoms with E-state index in [0.717, 1.165) is 13.2 Å².